The van der Waals surface area contributed by atoms with E-state index in [4.69, 9.17) is 5.10 Å². The van der Waals surface area contributed by atoms with Crippen molar-refractivity contribution >= 4 is 11.4 Å². The number of aromatic nitrogens is 4. The van der Waals surface area contributed by atoms with E-state index < -0.39 is 0 Å². The minimum Gasteiger partial charge on any atom is -0.346 e. The second kappa shape index (κ2) is 7.54. The summed E-state index contributed by atoms with van der Waals surface area (Å²) in [6, 6.07) is 16.0. The average molecular weight is 385 g/mol. The number of fused-ring (bicyclic) bond motifs is 1. The van der Waals surface area contributed by atoms with Crippen molar-refractivity contribution in [3.8, 4) is 11.4 Å². The van der Waals surface area contributed by atoms with Gasteiger partial charge in [-0.25, -0.2) is 0 Å². The van der Waals surface area contributed by atoms with Crippen LogP contribution in [-0.2, 0) is 6.54 Å². The molecule has 0 spiro atoms. The van der Waals surface area contributed by atoms with E-state index in [0.29, 0.717) is 18.2 Å². The first-order valence-corrected chi connectivity index (χ1v) is 10.1. The molecule has 1 aliphatic carbocycles. The van der Waals surface area contributed by atoms with E-state index in [1.165, 1.54) is 25.7 Å². The molecule has 0 saturated heterocycles. The number of nitrogens with one attached hydrogen (secondary N) is 1. The van der Waals surface area contributed by atoms with E-state index in [9.17, 15) is 4.79 Å². The zero-order chi connectivity index (χ0) is 19.6. The molecule has 1 N–H and O–H groups in total. The molecule has 5 rings (SSSR count). The number of nitrogens with zero attached hydrogens (tertiary/aromatic N) is 4. The van der Waals surface area contributed by atoms with E-state index in [0.717, 1.165) is 22.6 Å². The zero-order valence-electron chi connectivity index (χ0n) is 16.2. The summed E-state index contributed by atoms with van der Waals surface area (Å²) in [5, 5.41) is 7.81. The predicted octanol–water partition coefficient (Wildman–Crippen LogP) is 4.24. The fourth-order valence-electron chi connectivity index (χ4n) is 4.15. The molecule has 6 nitrogen and oxygen atoms in total. The van der Waals surface area contributed by atoms with Crippen LogP contribution < -0.4 is 5.32 Å². The van der Waals surface area contributed by atoms with Gasteiger partial charge in [0.1, 0.15) is 5.69 Å². The lowest BCUT2D eigenvalue weighted by Crippen LogP contribution is -2.23. The highest BCUT2D eigenvalue weighted by molar-refractivity contribution is 6.02. The molecule has 29 heavy (non-hydrogen) atoms. The van der Waals surface area contributed by atoms with E-state index in [2.05, 4.69) is 21.2 Å². The number of hydrogen-bond donors (Lipinski definition) is 1. The Morgan fingerprint density at radius 3 is 2.76 bits per heavy atom. The maximum absolute atomic E-state index is 12.9. The smallest absolute Gasteiger partial charge is 0.253 e. The second-order valence-electron chi connectivity index (χ2n) is 7.52. The Bertz CT molecular complexity index is 1140. The quantitative estimate of drug-likeness (QED) is 0.559. The van der Waals surface area contributed by atoms with Gasteiger partial charge in [-0.05, 0) is 49.2 Å². The van der Waals surface area contributed by atoms with Crippen molar-refractivity contribution in [2.75, 3.05) is 0 Å². The minimum absolute atomic E-state index is 0.110. The molecule has 146 valence electrons. The summed E-state index contributed by atoms with van der Waals surface area (Å²) in [5.41, 5.74) is 4.17. The summed E-state index contributed by atoms with van der Waals surface area (Å²) >= 11 is 0. The minimum atomic E-state index is -0.110. The van der Waals surface area contributed by atoms with Crippen LogP contribution in [0.1, 0.15) is 47.8 Å². The number of amides is 1. The van der Waals surface area contributed by atoms with Crippen molar-refractivity contribution < 1.29 is 4.79 Å². The molecule has 0 aliphatic heterocycles. The maximum atomic E-state index is 12.9. The van der Waals surface area contributed by atoms with Gasteiger partial charge in [0.2, 0.25) is 0 Å². The Morgan fingerprint density at radius 1 is 1.07 bits per heavy atom. The number of carbonyl (C=O) groups is 1. The first kappa shape index (κ1) is 17.7. The van der Waals surface area contributed by atoms with Gasteiger partial charge in [0.25, 0.3) is 5.91 Å². The zero-order valence-corrected chi connectivity index (χ0v) is 16.2. The Hall–Kier alpha value is -3.41. The molecule has 4 aromatic heterocycles. The van der Waals surface area contributed by atoms with Crippen LogP contribution in [0.3, 0.4) is 0 Å². The first-order valence-electron chi connectivity index (χ1n) is 10.1. The topological polar surface area (TPSA) is 64.2 Å². The van der Waals surface area contributed by atoms with Crippen molar-refractivity contribution in [3.63, 3.8) is 0 Å². The van der Waals surface area contributed by atoms with Crippen molar-refractivity contribution in [2.24, 2.45) is 0 Å². The molecule has 1 saturated carbocycles. The molecule has 1 fully saturated rings. The van der Waals surface area contributed by atoms with E-state index >= 15 is 0 Å². The Kier molecular flexibility index (Phi) is 4.60. The molecule has 0 bridgehead atoms. The summed E-state index contributed by atoms with van der Waals surface area (Å²) in [5.74, 6) is -0.110. The van der Waals surface area contributed by atoms with Gasteiger partial charge in [-0.15, -0.1) is 0 Å². The van der Waals surface area contributed by atoms with Crippen LogP contribution in [0.25, 0.3) is 16.9 Å². The fourth-order valence-corrected chi connectivity index (χ4v) is 4.15. The lowest BCUT2D eigenvalue weighted by molar-refractivity contribution is 0.0952. The molecular formula is C23H23N5O. The fraction of sp³-hybridized carbons (Fsp3) is 0.261. The van der Waals surface area contributed by atoms with Crippen LogP contribution in [-0.4, -0.2) is 25.1 Å². The largest absolute Gasteiger partial charge is 0.346 e. The van der Waals surface area contributed by atoms with Crippen LogP contribution in [0.4, 0.5) is 0 Å². The van der Waals surface area contributed by atoms with Gasteiger partial charge in [-0.2, -0.15) is 5.10 Å². The third-order valence-electron chi connectivity index (χ3n) is 5.65. The molecule has 1 aliphatic rings. The molecule has 6 heteroatoms. The van der Waals surface area contributed by atoms with E-state index in [-0.39, 0.29) is 5.91 Å². The van der Waals surface area contributed by atoms with Gasteiger partial charge >= 0.3 is 0 Å². The van der Waals surface area contributed by atoms with Gasteiger partial charge < -0.3 is 9.72 Å². The third kappa shape index (κ3) is 3.42. The summed E-state index contributed by atoms with van der Waals surface area (Å²) in [7, 11) is 0. The number of carbonyl (C=O) groups excluding carboxylic acids is 1. The van der Waals surface area contributed by atoms with Crippen LogP contribution in [0.15, 0.2) is 67.1 Å². The average Bonchev–Trinajstić information content (AvgIpc) is 3.51. The third-order valence-corrected chi connectivity index (χ3v) is 5.65. The molecule has 0 aromatic carbocycles. The monoisotopic (exact) mass is 385 g/mol. The van der Waals surface area contributed by atoms with Gasteiger partial charge in [-0.3, -0.25) is 14.5 Å². The Morgan fingerprint density at radius 2 is 1.93 bits per heavy atom. The molecular weight excluding hydrogens is 362 g/mol. The van der Waals surface area contributed by atoms with Crippen LogP contribution in [0.2, 0.25) is 0 Å². The number of hydrogen-bond acceptors (Lipinski definition) is 3. The Labute approximate surface area is 169 Å². The van der Waals surface area contributed by atoms with Gasteiger partial charge in [0.15, 0.2) is 0 Å². The summed E-state index contributed by atoms with van der Waals surface area (Å²) < 4.78 is 4.13. The van der Waals surface area contributed by atoms with Crippen LogP contribution in [0, 0.1) is 0 Å². The van der Waals surface area contributed by atoms with E-state index in [1.807, 2.05) is 59.1 Å². The number of rotatable bonds is 5. The highest BCUT2D eigenvalue weighted by Gasteiger charge is 2.20. The molecule has 0 unspecified atom stereocenters. The summed E-state index contributed by atoms with van der Waals surface area (Å²) in [4.78, 5) is 17.2. The standard InChI is InChI=1S/C23H23N5O/c29-23(25-16-17-7-3-5-12-24-17)19-15-22(27-13-6-4-10-21(19)27)20-11-14-28(26-20)18-8-1-2-9-18/h3-7,10-15,18H,1-2,8-9,16H2,(H,25,29). The van der Waals surface area contributed by atoms with Crippen molar-refractivity contribution in [2.45, 2.75) is 38.3 Å². The summed E-state index contributed by atoms with van der Waals surface area (Å²) in [6.45, 7) is 0.398. The van der Waals surface area contributed by atoms with Crippen molar-refractivity contribution in [1.29, 1.82) is 0 Å². The van der Waals surface area contributed by atoms with Gasteiger partial charge in [0.05, 0.1) is 35.1 Å². The lowest BCUT2D eigenvalue weighted by atomic mass is 10.2. The normalized spacial score (nSPS) is 14.5. The van der Waals surface area contributed by atoms with Crippen LogP contribution >= 0.6 is 0 Å². The molecule has 1 amide bonds. The SMILES string of the molecule is O=C(NCc1ccccn1)c1cc(-c2ccn(C3CCCC3)n2)n2ccccc12. The maximum Gasteiger partial charge on any atom is 0.253 e. The molecule has 0 atom stereocenters. The highest BCUT2D eigenvalue weighted by atomic mass is 16.1. The van der Waals surface area contributed by atoms with Crippen molar-refractivity contribution in [3.05, 3.63) is 78.4 Å². The predicted molar refractivity (Wildman–Crippen MR) is 112 cm³/mol. The van der Waals surface area contributed by atoms with Crippen LogP contribution in [0.5, 0.6) is 0 Å². The molecule has 4 heterocycles. The van der Waals surface area contributed by atoms with Gasteiger partial charge in [0, 0.05) is 18.6 Å². The van der Waals surface area contributed by atoms with E-state index in [1.54, 1.807) is 6.20 Å². The van der Waals surface area contributed by atoms with Gasteiger partial charge in [-0.1, -0.05) is 25.0 Å². The molecule has 0 radical (unpaired) electrons. The highest BCUT2D eigenvalue weighted by Crippen LogP contribution is 2.31. The Balaban J connectivity index is 1.45. The van der Waals surface area contributed by atoms with Crippen molar-refractivity contribution in [1.82, 2.24) is 24.5 Å². The first-order chi connectivity index (χ1) is 14.3. The summed E-state index contributed by atoms with van der Waals surface area (Å²) in [6.07, 6.45) is 10.7. The number of pyridine rings is 2. The molecule has 4 aromatic rings. The lowest BCUT2D eigenvalue weighted by Gasteiger charge is -2.08. The second-order valence-corrected chi connectivity index (χ2v) is 7.52.